The van der Waals surface area contributed by atoms with Crippen molar-refractivity contribution in [2.45, 2.75) is 25.8 Å². The van der Waals surface area contributed by atoms with Crippen LogP contribution in [0.15, 0.2) is 24.3 Å². The maximum atomic E-state index is 9.31. The van der Waals surface area contributed by atoms with Crippen LogP contribution in [0, 0.1) is 0 Å². The highest BCUT2D eigenvalue weighted by atomic mass is 16.5. The number of rotatable bonds is 9. The monoisotopic (exact) mass is 266 g/mol. The van der Waals surface area contributed by atoms with Crippen LogP contribution in [0.25, 0.3) is 0 Å². The second kappa shape index (κ2) is 8.77. The van der Waals surface area contributed by atoms with E-state index in [1.807, 2.05) is 24.3 Å². The molecule has 0 amide bonds. The van der Waals surface area contributed by atoms with Gasteiger partial charge in [-0.05, 0) is 43.7 Å². The first kappa shape index (κ1) is 15.8. The van der Waals surface area contributed by atoms with Gasteiger partial charge in [0.1, 0.15) is 5.75 Å². The Morgan fingerprint density at radius 3 is 2.53 bits per heavy atom. The number of methoxy groups -OCH3 is 1. The van der Waals surface area contributed by atoms with Gasteiger partial charge in [0.2, 0.25) is 0 Å². The first-order chi connectivity index (χ1) is 9.21. The van der Waals surface area contributed by atoms with Gasteiger partial charge in [-0.15, -0.1) is 0 Å². The van der Waals surface area contributed by atoms with E-state index < -0.39 is 0 Å². The lowest BCUT2D eigenvalue weighted by molar-refractivity contribution is 0.237. The molecule has 4 heteroatoms. The number of nitrogens with one attached hydrogen (secondary N) is 1. The van der Waals surface area contributed by atoms with Crippen molar-refractivity contribution in [3.8, 4) is 5.75 Å². The summed E-state index contributed by atoms with van der Waals surface area (Å²) in [7, 11) is 3.74. The van der Waals surface area contributed by atoms with Crippen LogP contribution < -0.4 is 15.0 Å². The summed E-state index contributed by atoms with van der Waals surface area (Å²) in [6, 6.07) is 8.20. The molecule has 0 aliphatic carbocycles. The highest BCUT2D eigenvalue weighted by molar-refractivity contribution is 5.48. The third-order valence-electron chi connectivity index (χ3n) is 3.23. The minimum atomic E-state index is 0.181. The molecular formula is C15H26N2O2. The average molecular weight is 266 g/mol. The van der Waals surface area contributed by atoms with Crippen molar-refractivity contribution in [3.05, 3.63) is 24.3 Å². The van der Waals surface area contributed by atoms with Crippen molar-refractivity contribution >= 4 is 5.69 Å². The van der Waals surface area contributed by atoms with Gasteiger partial charge in [-0.1, -0.05) is 6.92 Å². The van der Waals surface area contributed by atoms with Crippen LogP contribution in [-0.2, 0) is 0 Å². The van der Waals surface area contributed by atoms with Crippen molar-refractivity contribution in [2.75, 3.05) is 38.8 Å². The average Bonchev–Trinajstić information content (AvgIpc) is 2.47. The summed E-state index contributed by atoms with van der Waals surface area (Å²) >= 11 is 0. The molecule has 0 saturated heterocycles. The Morgan fingerprint density at radius 1 is 1.32 bits per heavy atom. The summed E-state index contributed by atoms with van der Waals surface area (Å²) in [5.74, 6) is 0.870. The first-order valence-electron chi connectivity index (χ1n) is 6.90. The van der Waals surface area contributed by atoms with Crippen LogP contribution in [0.5, 0.6) is 5.75 Å². The zero-order chi connectivity index (χ0) is 14.1. The third-order valence-corrected chi connectivity index (χ3v) is 3.23. The lowest BCUT2D eigenvalue weighted by Crippen LogP contribution is -2.36. The number of nitrogens with zero attached hydrogens (tertiary/aromatic N) is 1. The summed E-state index contributed by atoms with van der Waals surface area (Å²) in [6.45, 7) is 4.19. The molecule has 1 aromatic carbocycles. The molecule has 0 heterocycles. The van der Waals surface area contributed by atoms with Gasteiger partial charge in [0.15, 0.2) is 0 Å². The normalized spacial score (nSPS) is 12.2. The molecule has 1 aromatic rings. The molecule has 1 atom stereocenters. The molecule has 1 rings (SSSR count). The van der Waals surface area contributed by atoms with E-state index in [2.05, 4.69) is 24.2 Å². The Morgan fingerprint density at radius 2 is 2.00 bits per heavy atom. The number of aliphatic hydroxyl groups is 1. The molecule has 0 radical (unpaired) electrons. The molecule has 0 saturated carbocycles. The smallest absolute Gasteiger partial charge is 0.119 e. The van der Waals surface area contributed by atoms with Crippen LogP contribution >= 0.6 is 0 Å². The van der Waals surface area contributed by atoms with Crippen LogP contribution in [0.1, 0.15) is 19.8 Å². The lowest BCUT2D eigenvalue weighted by atomic mass is 10.2. The molecule has 19 heavy (non-hydrogen) atoms. The maximum Gasteiger partial charge on any atom is 0.119 e. The SMILES string of the molecule is CCCNC(CO)CCN(C)c1ccc(OC)cc1. The third kappa shape index (κ3) is 5.49. The van der Waals surface area contributed by atoms with Crippen LogP contribution in [0.2, 0.25) is 0 Å². The van der Waals surface area contributed by atoms with E-state index in [4.69, 9.17) is 4.74 Å². The summed E-state index contributed by atoms with van der Waals surface area (Å²) in [5, 5.41) is 12.7. The van der Waals surface area contributed by atoms with E-state index in [1.165, 1.54) is 0 Å². The molecule has 0 aliphatic heterocycles. The van der Waals surface area contributed by atoms with Gasteiger partial charge in [-0.2, -0.15) is 0 Å². The van der Waals surface area contributed by atoms with E-state index in [0.717, 1.165) is 37.4 Å². The van der Waals surface area contributed by atoms with Crippen LogP contribution in [0.3, 0.4) is 0 Å². The van der Waals surface area contributed by atoms with Crippen molar-refractivity contribution in [2.24, 2.45) is 0 Å². The van der Waals surface area contributed by atoms with Crippen LogP contribution in [0.4, 0.5) is 5.69 Å². The molecule has 0 spiro atoms. The Hall–Kier alpha value is -1.26. The molecule has 108 valence electrons. The van der Waals surface area contributed by atoms with Gasteiger partial charge in [0, 0.05) is 25.3 Å². The number of benzene rings is 1. The number of ether oxygens (including phenoxy) is 1. The van der Waals surface area contributed by atoms with E-state index in [9.17, 15) is 5.11 Å². The predicted octanol–water partition coefficient (Wildman–Crippen LogP) is 1.88. The predicted molar refractivity (Wildman–Crippen MR) is 80.0 cm³/mol. The fourth-order valence-electron chi connectivity index (χ4n) is 1.92. The largest absolute Gasteiger partial charge is 0.497 e. The molecule has 2 N–H and O–H groups in total. The zero-order valence-electron chi connectivity index (χ0n) is 12.2. The molecule has 4 nitrogen and oxygen atoms in total. The van der Waals surface area contributed by atoms with Crippen molar-refractivity contribution in [3.63, 3.8) is 0 Å². The number of aliphatic hydroxyl groups excluding tert-OH is 1. The second-order valence-corrected chi connectivity index (χ2v) is 4.74. The Balaban J connectivity index is 2.42. The van der Waals surface area contributed by atoms with Gasteiger partial charge in [0.25, 0.3) is 0 Å². The van der Waals surface area contributed by atoms with Gasteiger partial charge in [-0.25, -0.2) is 0 Å². The Labute approximate surface area is 116 Å². The number of hydrogen-bond donors (Lipinski definition) is 2. The Bertz CT molecular complexity index is 341. The van der Waals surface area contributed by atoms with E-state index in [1.54, 1.807) is 7.11 Å². The highest BCUT2D eigenvalue weighted by Crippen LogP contribution is 2.18. The minimum Gasteiger partial charge on any atom is -0.497 e. The summed E-state index contributed by atoms with van der Waals surface area (Å²) in [6.07, 6.45) is 2.02. The van der Waals surface area contributed by atoms with Gasteiger partial charge < -0.3 is 20.1 Å². The molecule has 0 bridgehead atoms. The van der Waals surface area contributed by atoms with Gasteiger partial charge >= 0.3 is 0 Å². The fourth-order valence-corrected chi connectivity index (χ4v) is 1.92. The molecule has 0 fully saturated rings. The molecule has 1 unspecified atom stereocenters. The van der Waals surface area contributed by atoms with E-state index in [-0.39, 0.29) is 12.6 Å². The van der Waals surface area contributed by atoms with Gasteiger partial charge in [0.05, 0.1) is 13.7 Å². The number of hydrogen-bond acceptors (Lipinski definition) is 4. The molecule has 0 aliphatic rings. The number of anilines is 1. The molecular weight excluding hydrogens is 240 g/mol. The second-order valence-electron chi connectivity index (χ2n) is 4.74. The van der Waals surface area contributed by atoms with Crippen molar-refractivity contribution in [1.29, 1.82) is 0 Å². The van der Waals surface area contributed by atoms with Crippen LogP contribution in [-0.4, -0.2) is 45.0 Å². The topological polar surface area (TPSA) is 44.7 Å². The zero-order valence-corrected chi connectivity index (χ0v) is 12.2. The quantitative estimate of drug-likeness (QED) is 0.716. The fraction of sp³-hybridized carbons (Fsp3) is 0.600. The maximum absolute atomic E-state index is 9.31. The van der Waals surface area contributed by atoms with Crippen molar-refractivity contribution < 1.29 is 9.84 Å². The minimum absolute atomic E-state index is 0.181. The van der Waals surface area contributed by atoms with E-state index in [0.29, 0.717) is 0 Å². The highest BCUT2D eigenvalue weighted by Gasteiger charge is 2.08. The first-order valence-corrected chi connectivity index (χ1v) is 6.90. The Kier molecular flexibility index (Phi) is 7.30. The van der Waals surface area contributed by atoms with Gasteiger partial charge in [-0.3, -0.25) is 0 Å². The summed E-state index contributed by atoms with van der Waals surface area (Å²) in [4.78, 5) is 2.19. The lowest BCUT2D eigenvalue weighted by Gasteiger charge is -2.23. The summed E-state index contributed by atoms with van der Waals surface area (Å²) < 4.78 is 5.15. The summed E-state index contributed by atoms with van der Waals surface area (Å²) in [5.41, 5.74) is 1.16. The molecule has 0 aromatic heterocycles. The van der Waals surface area contributed by atoms with E-state index >= 15 is 0 Å². The van der Waals surface area contributed by atoms with Crippen molar-refractivity contribution in [1.82, 2.24) is 5.32 Å². The standard InChI is InChI=1S/C15H26N2O2/c1-4-10-16-13(12-18)9-11-17(2)14-5-7-15(19-3)8-6-14/h5-8,13,16,18H,4,9-12H2,1-3H3.